The van der Waals surface area contributed by atoms with Crippen LogP contribution in [0.25, 0.3) is 0 Å². The van der Waals surface area contributed by atoms with Gasteiger partial charge >= 0.3 is 5.97 Å². The third kappa shape index (κ3) is 4.99. The van der Waals surface area contributed by atoms with Crippen molar-refractivity contribution < 1.29 is 18.3 Å². The quantitative estimate of drug-likeness (QED) is 0.814. The average Bonchev–Trinajstić information content (AvgIpc) is 2.38. The Balaban J connectivity index is 2.62. The van der Waals surface area contributed by atoms with Crippen LogP contribution in [-0.4, -0.2) is 36.6 Å². The van der Waals surface area contributed by atoms with Crippen LogP contribution in [0.15, 0.2) is 24.3 Å². The van der Waals surface area contributed by atoms with Crippen molar-refractivity contribution >= 4 is 16.0 Å². The molecule has 0 aromatic heterocycles. The molecule has 0 aliphatic rings. The van der Waals surface area contributed by atoms with Gasteiger partial charge in [0.1, 0.15) is 0 Å². The highest BCUT2D eigenvalue weighted by molar-refractivity contribution is 7.89. The lowest BCUT2D eigenvalue weighted by molar-refractivity contribution is -0.137. The predicted octanol–water partition coefficient (Wildman–Crippen LogP) is 1.18. The zero-order valence-electron chi connectivity index (χ0n) is 11.1. The fourth-order valence-electron chi connectivity index (χ4n) is 1.60. The van der Waals surface area contributed by atoms with E-state index in [0.29, 0.717) is 5.56 Å². The molecule has 0 aliphatic heterocycles. The fourth-order valence-corrected chi connectivity index (χ4v) is 2.77. The molecule has 0 saturated heterocycles. The molecular formula is C13H16N2O4S. The molecule has 1 rings (SSSR count). The highest BCUT2D eigenvalue weighted by Crippen LogP contribution is 2.10. The van der Waals surface area contributed by atoms with Gasteiger partial charge in [-0.25, -0.2) is 12.7 Å². The Hall–Kier alpha value is -1.91. The summed E-state index contributed by atoms with van der Waals surface area (Å²) in [6.07, 6.45) is -0.0701. The molecule has 0 heterocycles. The van der Waals surface area contributed by atoms with Crippen LogP contribution in [-0.2, 0) is 21.4 Å². The first-order valence-electron chi connectivity index (χ1n) is 6.00. The number of sulfonamides is 1. The summed E-state index contributed by atoms with van der Waals surface area (Å²) >= 11 is 0. The first-order valence-corrected chi connectivity index (χ1v) is 7.61. The maximum Gasteiger partial charge on any atom is 0.303 e. The standard InChI is InChI=1S/C13H16N2O4S/c1-15(20(18,19)8-2-3-13(16)17)10-12-6-4-11(9-14)5-7-12/h4-7H,2-3,8,10H2,1H3,(H,16,17). The lowest BCUT2D eigenvalue weighted by Crippen LogP contribution is -2.29. The van der Waals surface area contributed by atoms with Gasteiger partial charge in [0.25, 0.3) is 0 Å². The van der Waals surface area contributed by atoms with Crippen molar-refractivity contribution in [1.29, 1.82) is 5.26 Å². The van der Waals surface area contributed by atoms with E-state index in [9.17, 15) is 13.2 Å². The number of rotatable bonds is 7. The number of carboxylic acid groups (broad SMARTS) is 1. The summed E-state index contributed by atoms with van der Waals surface area (Å²) < 4.78 is 25.0. The van der Waals surface area contributed by atoms with E-state index < -0.39 is 16.0 Å². The molecule has 0 fully saturated rings. The van der Waals surface area contributed by atoms with E-state index in [2.05, 4.69) is 0 Å². The van der Waals surface area contributed by atoms with Crippen molar-refractivity contribution in [2.75, 3.05) is 12.8 Å². The summed E-state index contributed by atoms with van der Waals surface area (Å²) in [5.74, 6) is -1.19. The van der Waals surface area contributed by atoms with Gasteiger partial charge in [-0.05, 0) is 24.1 Å². The third-order valence-corrected chi connectivity index (χ3v) is 4.64. The van der Waals surface area contributed by atoms with E-state index in [1.165, 1.54) is 11.4 Å². The Labute approximate surface area is 118 Å². The summed E-state index contributed by atoms with van der Waals surface area (Å²) in [5, 5.41) is 17.2. The van der Waals surface area contributed by atoms with Crippen LogP contribution < -0.4 is 0 Å². The minimum Gasteiger partial charge on any atom is -0.481 e. The molecule has 0 unspecified atom stereocenters. The zero-order valence-corrected chi connectivity index (χ0v) is 11.9. The van der Waals surface area contributed by atoms with Gasteiger partial charge < -0.3 is 5.11 Å². The van der Waals surface area contributed by atoms with Gasteiger partial charge in [0.2, 0.25) is 10.0 Å². The van der Waals surface area contributed by atoms with Crippen molar-refractivity contribution in [2.45, 2.75) is 19.4 Å². The van der Waals surface area contributed by atoms with E-state index in [1.54, 1.807) is 24.3 Å². The number of hydrogen-bond acceptors (Lipinski definition) is 4. The van der Waals surface area contributed by atoms with Crippen molar-refractivity contribution in [3.8, 4) is 6.07 Å². The molecule has 6 nitrogen and oxygen atoms in total. The largest absolute Gasteiger partial charge is 0.481 e. The minimum absolute atomic E-state index is 0.0926. The summed E-state index contributed by atoms with van der Waals surface area (Å²) in [7, 11) is -2.01. The van der Waals surface area contributed by atoms with Crippen molar-refractivity contribution in [2.24, 2.45) is 0 Å². The molecule has 0 atom stereocenters. The smallest absolute Gasteiger partial charge is 0.303 e. The van der Waals surface area contributed by atoms with E-state index in [-0.39, 0.29) is 25.1 Å². The first kappa shape index (κ1) is 16.1. The molecule has 20 heavy (non-hydrogen) atoms. The summed E-state index contributed by atoms with van der Waals surface area (Å²) in [6.45, 7) is 0.196. The van der Waals surface area contributed by atoms with Gasteiger partial charge in [-0.3, -0.25) is 4.79 Å². The second-order valence-electron chi connectivity index (χ2n) is 4.38. The van der Waals surface area contributed by atoms with Crippen LogP contribution in [0, 0.1) is 11.3 Å². The second-order valence-corrected chi connectivity index (χ2v) is 6.57. The number of nitriles is 1. The summed E-state index contributed by atoms with van der Waals surface area (Å²) in [5.41, 5.74) is 1.29. The topological polar surface area (TPSA) is 98.5 Å². The molecule has 0 bridgehead atoms. The van der Waals surface area contributed by atoms with Crippen molar-refractivity contribution in [1.82, 2.24) is 4.31 Å². The van der Waals surface area contributed by atoms with Gasteiger partial charge in [0.05, 0.1) is 17.4 Å². The minimum atomic E-state index is -3.46. The SMILES string of the molecule is CN(Cc1ccc(C#N)cc1)S(=O)(=O)CCCC(=O)O. The Bertz CT molecular complexity index is 602. The van der Waals surface area contributed by atoms with E-state index in [0.717, 1.165) is 5.56 Å². The highest BCUT2D eigenvalue weighted by Gasteiger charge is 2.18. The van der Waals surface area contributed by atoms with Crippen LogP contribution in [0.1, 0.15) is 24.0 Å². The Morgan fingerprint density at radius 2 is 1.95 bits per heavy atom. The van der Waals surface area contributed by atoms with E-state index in [1.807, 2.05) is 6.07 Å². The number of hydrogen-bond donors (Lipinski definition) is 1. The molecule has 0 saturated carbocycles. The molecule has 1 aromatic rings. The van der Waals surface area contributed by atoms with Crippen LogP contribution in [0.2, 0.25) is 0 Å². The predicted molar refractivity (Wildman–Crippen MR) is 73.3 cm³/mol. The molecule has 1 N–H and O–H groups in total. The maximum absolute atomic E-state index is 11.9. The van der Waals surface area contributed by atoms with E-state index in [4.69, 9.17) is 10.4 Å². The second kappa shape index (κ2) is 7.03. The third-order valence-electron chi connectivity index (χ3n) is 2.76. The lowest BCUT2D eigenvalue weighted by atomic mass is 10.1. The summed E-state index contributed by atoms with van der Waals surface area (Å²) in [4.78, 5) is 10.4. The first-order chi connectivity index (χ1) is 9.35. The zero-order chi connectivity index (χ0) is 15.2. The molecule has 7 heteroatoms. The Morgan fingerprint density at radius 3 is 2.45 bits per heavy atom. The fraction of sp³-hybridized carbons (Fsp3) is 0.385. The molecule has 0 amide bonds. The van der Waals surface area contributed by atoms with Crippen molar-refractivity contribution in [3.05, 3.63) is 35.4 Å². The van der Waals surface area contributed by atoms with Crippen LogP contribution >= 0.6 is 0 Å². The lowest BCUT2D eigenvalue weighted by Gasteiger charge is -2.17. The number of benzene rings is 1. The number of carboxylic acids is 1. The van der Waals surface area contributed by atoms with Crippen molar-refractivity contribution in [3.63, 3.8) is 0 Å². The average molecular weight is 296 g/mol. The summed E-state index contributed by atoms with van der Waals surface area (Å²) in [6, 6.07) is 8.63. The number of carbonyl (C=O) groups is 1. The Morgan fingerprint density at radius 1 is 1.35 bits per heavy atom. The van der Waals surface area contributed by atoms with Crippen LogP contribution in [0.4, 0.5) is 0 Å². The van der Waals surface area contributed by atoms with Crippen LogP contribution in [0.3, 0.4) is 0 Å². The van der Waals surface area contributed by atoms with Gasteiger partial charge in [-0.15, -0.1) is 0 Å². The molecular weight excluding hydrogens is 280 g/mol. The van der Waals surface area contributed by atoms with Gasteiger partial charge in [0, 0.05) is 20.0 Å². The highest BCUT2D eigenvalue weighted by atomic mass is 32.2. The van der Waals surface area contributed by atoms with E-state index >= 15 is 0 Å². The normalized spacial score (nSPS) is 11.2. The molecule has 108 valence electrons. The molecule has 0 aliphatic carbocycles. The molecule has 1 aromatic carbocycles. The van der Waals surface area contributed by atoms with Gasteiger partial charge in [0.15, 0.2) is 0 Å². The maximum atomic E-state index is 11.9. The van der Waals surface area contributed by atoms with Crippen LogP contribution in [0.5, 0.6) is 0 Å². The monoisotopic (exact) mass is 296 g/mol. The van der Waals surface area contributed by atoms with Gasteiger partial charge in [-0.1, -0.05) is 12.1 Å². The Kier molecular flexibility index (Phi) is 5.67. The molecule has 0 spiro atoms. The number of nitrogens with zero attached hydrogens (tertiary/aromatic N) is 2. The van der Waals surface area contributed by atoms with Gasteiger partial charge in [-0.2, -0.15) is 5.26 Å². The molecule has 0 radical (unpaired) electrons. The number of aliphatic carboxylic acids is 1.